The molecule has 6 heteroatoms. The van der Waals surface area contributed by atoms with Crippen molar-refractivity contribution in [3.8, 4) is 0 Å². The monoisotopic (exact) mass is 255 g/mol. The number of methoxy groups -OCH3 is 1. The maximum atomic E-state index is 10.7. The number of hydrogen-bond donors (Lipinski definition) is 3. The molecule has 0 spiro atoms. The summed E-state index contributed by atoms with van der Waals surface area (Å²) in [7, 11) is 1.57. The summed E-state index contributed by atoms with van der Waals surface area (Å²) in [4.78, 5) is 10.7. The average molecular weight is 255 g/mol. The van der Waals surface area contributed by atoms with Gasteiger partial charge in [-0.2, -0.15) is 0 Å². The number of anilines is 2. The molecule has 6 nitrogen and oxygen atoms in total. The number of nitrogen functional groups attached to an aromatic ring is 1. The summed E-state index contributed by atoms with van der Waals surface area (Å²) in [6.07, 6.45) is 0. The third kappa shape index (κ3) is 4.60. The van der Waals surface area contributed by atoms with E-state index in [4.69, 9.17) is 21.4 Å². The molecule has 0 fully saturated rings. The molecular weight excluding hydrogens is 234 g/mol. The Bertz CT molecular complexity index is 383. The Labute approximate surface area is 107 Å². The summed E-state index contributed by atoms with van der Waals surface area (Å²) in [5.74, 6) is 4.72. The first-order valence-electron chi connectivity index (χ1n) is 5.70. The first kappa shape index (κ1) is 16.2. The number of nitrogens with zero attached hydrogens (tertiary/aromatic N) is 1. The second kappa shape index (κ2) is 8.32. The van der Waals surface area contributed by atoms with Gasteiger partial charge in [0.1, 0.15) is 0 Å². The van der Waals surface area contributed by atoms with Crippen molar-refractivity contribution < 1.29 is 14.6 Å². The van der Waals surface area contributed by atoms with Gasteiger partial charge in [0, 0.05) is 7.11 Å². The molecule has 1 aromatic carbocycles. The zero-order chi connectivity index (χ0) is 14.1. The fourth-order valence-electron chi connectivity index (χ4n) is 1.26. The van der Waals surface area contributed by atoms with Crippen LogP contribution in [-0.4, -0.2) is 31.3 Å². The second-order valence-corrected chi connectivity index (χ2v) is 3.26. The Morgan fingerprint density at radius 2 is 2.06 bits per heavy atom. The van der Waals surface area contributed by atoms with Crippen molar-refractivity contribution in [2.45, 2.75) is 13.8 Å². The minimum Gasteiger partial charge on any atom is -0.478 e. The number of hydrazine groups is 1. The molecule has 0 aliphatic rings. The third-order valence-corrected chi connectivity index (χ3v) is 2.12. The molecule has 0 amide bonds. The van der Waals surface area contributed by atoms with E-state index in [1.54, 1.807) is 13.2 Å². The van der Waals surface area contributed by atoms with E-state index in [0.29, 0.717) is 24.5 Å². The van der Waals surface area contributed by atoms with Crippen LogP contribution >= 0.6 is 0 Å². The highest BCUT2D eigenvalue weighted by Crippen LogP contribution is 2.22. The highest BCUT2D eigenvalue weighted by Gasteiger charge is 2.09. The summed E-state index contributed by atoms with van der Waals surface area (Å²) in [5, 5.41) is 10.2. The van der Waals surface area contributed by atoms with Crippen LogP contribution in [0.15, 0.2) is 18.2 Å². The lowest BCUT2D eigenvalue weighted by Gasteiger charge is -2.20. The number of carboxylic acids is 1. The van der Waals surface area contributed by atoms with E-state index in [2.05, 4.69) is 0 Å². The lowest BCUT2D eigenvalue weighted by molar-refractivity contribution is 0.0697. The van der Waals surface area contributed by atoms with E-state index in [1.807, 2.05) is 13.8 Å². The zero-order valence-corrected chi connectivity index (χ0v) is 11.0. The van der Waals surface area contributed by atoms with Crippen LogP contribution in [0.2, 0.25) is 0 Å². The number of ether oxygens (including phenoxy) is 1. The van der Waals surface area contributed by atoms with Crippen molar-refractivity contribution in [3.63, 3.8) is 0 Å². The maximum Gasteiger partial charge on any atom is 0.335 e. The second-order valence-electron chi connectivity index (χ2n) is 3.26. The quantitative estimate of drug-likeness (QED) is 0.416. The molecule has 0 bridgehead atoms. The van der Waals surface area contributed by atoms with Crippen molar-refractivity contribution in [2.24, 2.45) is 5.84 Å². The standard InChI is InChI=1S/C10H15N3O3.C2H6/c1-16-5-4-13(12)9-3-2-7(10(14)15)6-8(9)11;1-2/h2-3,6H,4-5,11-12H2,1H3,(H,14,15);1-2H3. The fourth-order valence-corrected chi connectivity index (χ4v) is 1.26. The molecular formula is C12H21N3O3. The summed E-state index contributed by atoms with van der Waals surface area (Å²) < 4.78 is 4.88. The molecule has 0 radical (unpaired) electrons. The number of rotatable bonds is 5. The van der Waals surface area contributed by atoms with Crippen molar-refractivity contribution in [1.82, 2.24) is 0 Å². The Morgan fingerprint density at radius 1 is 1.44 bits per heavy atom. The van der Waals surface area contributed by atoms with Gasteiger partial charge in [0.15, 0.2) is 0 Å². The van der Waals surface area contributed by atoms with Crippen LogP contribution in [0.5, 0.6) is 0 Å². The Morgan fingerprint density at radius 3 is 2.50 bits per heavy atom. The smallest absolute Gasteiger partial charge is 0.335 e. The molecule has 0 aromatic heterocycles. The van der Waals surface area contributed by atoms with Gasteiger partial charge in [0.05, 0.1) is 30.1 Å². The van der Waals surface area contributed by atoms with Gasteiger partial charge in [0.25, 0.3) is 0 Å². The number of nitrogens with two attached hydrogens (primary N) is 2. The SMILES string of the molecule is CC.COCCN(N)c1ccc(C(=O)O)cc1N. The Hall–Kier alpha value is -1.79. The third-order valence-electron chi connectivity index (χ3n) is 2.12. The first-order valence-corrected chi connectivity index (χ1v) is 5.70. The normalized spacial score (nSPS) is 9.33. The van der Waals surface area contributed by atoms with Gasteiger partial charge in [0.2, 0.25) is 0 Å². The number of aromatic carboxylic acids is 1. The summed E-state index contributed by atoms with van der Waals surface area (Å²) in [5.41, 5.74) is 6.76. The average Bonchev–Trinajstić information content (AvgIpc) is 2.38. The van der Waals surface area contributed by atoms with Crippen LogP contribution < -0.4 is 16.6 Å². The van der Waals surface area contributed by atoms with Gasteiger partial charge >= 0.3 is 5.97 Å². The molecule has 0 saturated heterocycles. The lowest BCUT2D eigenvalue weighted by Crippen LogP contribution is -2.34. The highest BCUT2D eigenvalue weighted by atomic mass is 16.5. The minimum atomic E-state index is -1.02. The van der Waals surface area contributed by atoms with E-state index in [9.17, 15) is 4.79 Å². The molecule has 18 heavy (non-hydrogen) atoms. The minimum absolute atomic E-state index is 0.140. The summed E-state index contributed by atoms with van der Waals surface area (Å²) >= 11 is 0. The molecule has 0 aliphatic heterocycles. The largest absolute Gasteiger partial charge is 0.478 e. The van der Waals surface area contributed by atoms with Crippen molar-refractivity contribution in [2.75, 3.05) is 31.0 Å². The molecule has 0 heterocycles. The summed E-state index contributed by atoms with van der Waals surface area (Å²) in [6.45, 7) is 4.95. The van der Waals surface area contributed by atoms with Crippen LogP contribution in [0, 0.1) is 0 Å². The van der Waals surface area contributed by atoms with E-state index in [-0.39, 0.29) is 5.56 Å². The van der Waals surface area contributed by atoms with Gasteiger partial charge < -0.3 is 20.6 Å². The number of benzene rings is 1. The van der Waals surface area contributed by atoms with Crippen LogP contribution in [0.3, 0.4) is 0 Å². The van der Waals surface area contributed by atoms with Crippen LogP contribution in [-0.2, 0) is 4.74 Å². The van der Waals surface area contributed by atoms with Gasteiger partial charge in [-0.3, -0.25) is 0 Å². The van der Waals surface area contributed by atoms with E-state index < -0.39 is 5.97 Å². The predicted molar refractivity (Wildman–Crippen MR) is 72.6 cm³/mol. The number of carbonyl (C=O) groups is 1. The van der Waals surface area contributed by atoms with E-state index in [0.717, 1.165) is 0 Å². The summed E-state index contributed by atoms with van der Waals surface area (Å²) in [6, 6.07) is 4.42. The van der Waals surface area contributed by atoms with Crippen molar-refractivity contribution >= 4 is 17.3 Å². The van der Waals surface area contributed by atoms with Crippen LogP contribution in [0.4, 0.5) is 11.4 Å². The highest BCUT2D eigenvalue weighted by molar-refractivity contribution is 5.90. The molecule has 0 atom stereocenters. The molecule has 1 rings (SSSR count). The number of carboxylic acid groups (broad SMARTS) is 1. The van der Waals surface area contributed by atoms with Crippen LogP contribution in [0.25, 0.3) is 0 Å². The molecule has 0 unspecified atom stereocenters. The fraction of sp³-hybridized carbons (Fsp3) is 0.417. The zero-order valence-electron chi connectivity index (χ0n) is 11.0. The van der Waals surface area contributed by atoms with E-state index >= 15 is 0 Å². The molecule has 5 N–H and O–H groups in total. The van der Waals surface area contributed by atoms with Crippen LogP contribution in [0.1, 0.15) is 24.2 Å². The van der Waals surface area contributed by atoms with E-state index in [1.165, 1.54) is 17.1 Å². The number of hydrogen-bond acceptors (Lipinski definition) is 5. The topological polar surface area (TPSA) is 102 Å². The molecule has 0 aliphatic carbocycles. The maximum absolute atomic E-state index is 10.7. The van der Waals surface area contributed by atoms with Gasteiger partial charge in [-0.1, -0.05) is 13.8 Å². The molecule has 1 aromatic rings. The lowest BCUT2D eigenvalue weighted by atomic mass is 10.1. The molecule has 0 saturated carbocycles. The molecule has 102 valence electrons. The van der Waals surface area contributed by atoms with Gasteiger partial charge in [-0.25, -0.2) is 10.6 Å². The van der Waals surface area contributed by atoms with Gasteiger partial charge in [-0.05, 0) is 18.2 Å². The Balaban J connectivity index is 0.00000137. The van der Waals surface area contributed by atoms with Gasteiger partial charge in [-0.15, -0.1) is 0 Å². The van der Waals surface area contributed by atoms with Crippen molar-refractivity contribution in [1.29, 1.82) is 0 Å². The first-order chi connectivity index (χ1) is 8.56. The Kier molecular flexibility index (Phi) is 7.50. The van der Waals surface area contributed by atoms with Crippen molar-refractivity contribution in [3.05, 3.63) is 23.8 Å². The predicted octanol–water partition coefficient (Wildman–Crippen LogP) is 1.32.